The van der Waals surface area contributed by atoms with Crippen LogP contribution in [0.25, 0.3) is 0 Å². The average Bonchev–Trinajstić information content (AvgIpc) is 2.63. The number of rotatable bonds is 14. The molecular formula is C16H33N5O4. The zero-order valence-corrected chi connectivity index (χ0v) is 15.6. The molecule has 25 heavy (non-hydrogen) atoms. The van der Waals surface area contributed by atoms with E-state index in [2.05, 4.69) is 20.9 Å². The Bertz CT molecular complexity index is 386. The molecule has 0 aromatic rings. The van der Waals surface area contributed by atoms with Crippen LogP contribution < -0.4 is 16.0 Å². The molecule has 4 N–H and O–H groups in total. The normalized spacial score (nSPS) is 10.8. The maximum absolute atomic E-state index is 11.5. The highest BCUT2D eigenvalue weighted by atomic mass is 16.3. The Labute approximate surface area is 150 Å². The van der Waals surface area contributed by atoms with Gasteiger partial charge in [0.1, 0.15) is 0 Å². The van der Waals surface area contributed by atoms with Crippen molar-refractivity contribution in [3.8, 4) is 0 Å². The van der Waals surface area contributed by atoms with Crippen LogP contribution in [0.4, 0.5) is 0 Å². The Balaban J connectivity index is 4.50. The summed E-state index contributed by atoms with van der Waals surface area (Å²) in [5.41, 5.74) is 0. The summed E-state index contributed by atoms with van der Waals surface area (Å²) in [5, 5.41) is 16.9. The zero-order chi connectivity index (χ0) is 19.1. The fourth-order valence-electron chi connectivity index (χ4n) is 2.25. The molecular weight excluding hydrogens is 326 g/mol. The van der Waals surface area contributed by atoms with E-state index in [9.17, 15) is 19.5 Å². The Morgan fingerprint density at radius 1 is 0.640 bits per heavy atom. The number of nitrogens with one attached hydrogen (secondary N) is 3. The second-order valence-electron chi connectivity index (χ2n) is 5.68. The molecule has 146 valence electrons. The van der Waals surface area contributed by atoms with Crippen molar-refractivity contribution in [2.24, 2.45) is 0 Å². The standard InChI is InChI=1S/C16H33N5O4/c1-17-14(23)4-7-20(8-5-15(24)18-2)10-11-21(12-13-22)9-6-16(25)19-3/h22H,4-13H2,1-3H3,(H,17,23)(H,18,24)(H,19,25). The zero-order valence-electron chi connectivity index (χ0n) is 15.6. The van der Waals surface area contributed by atoms with Crippen molar-refractivity contribution in [1.82, 2.24) is 25.8 Å². The lowest BCUT2D eigenvalue weighted by molar-refractivity contribution is -0.122. The predicted octanol–water partition coefficient (Wildman–Crippen LogP) is -2.01. The van der Waals surface area contributed by atoms with E-state index < -0.39 is 0 Å². The Morgan fingerprint density at radius 3 is 1.24 bits per heavy atom. The number of hydrogen-bond acceptors (Lipinski definition) is 6. The van der Waals surface area contributed by atoms with E-state index in [1.54, 1.807) is 21.1 Å². The third-order valence-corrected chi connectivity index (χ3v) is 3.95. The first kappa shape index (κ1) is 23.3. The van der Waals surface area contributed by atoms with Crippen LogP contribution in [0.5, 0.6) is 0 Å². The second-order valence-corrected chi connectivity index (χ2v) is 5.68. The molecule has 0 aromatic heterocycles. The molecule has 0 aliphatic heterocycles. The fraction of sp³-hybridized carbons (Fsp3) is 0.812. The minimum absolute atomic E-state index is 0.0181. The van der Waals surface area contributed by atoms with Crippen LogP contribution in [-0.4, -0.2) is 99.6 Å². The van der Waals surface area contributed by atoms with E-state index in [0.29, 0.717) is 58.5 Å². The lowest BCUT2D eigenvalue weighted by Crippen LogP contribution is -2.40. The number of aliphatic hydroxyl groups excluding tert-OH is 1. The molecule has 0 aromatic carbocycles. The van der Waals surface area contributed by atoms with Crippen LogP contribution in [0.15, 0.2) is 0 Å². The Hall–Kier alpha value is -1.71. The average molecular weight is 359 g/mol. The smallest absolute Gasteiger partial charge is 0.221 e. The van der Waals surface area contributed by atoms with Gasteiger partial charge in [0, 0.05) is 79.7 Å². The molecule has 0 saturated carbocycles. The first-order chi connectivity index (χ1) is 12.0. The minimum atomic E-state index is -0.0447. The number of hydrogen-bond donors (Lipinski definition) is 4. The van der Waals surface area contributed by atoms with E-state index >= 15 is 0 Å². The number of carbonyl (C=O) groups excluding carboxylic acids is 3. The van der Waals surface area contributed by atoms with E-state index in [1.807, 2.05) is 4.90 Å². The monoisotopic (exact) mass is 359 g/mol. The summed E-state index contributed by atoms with van der Waals surface area (Å²) < 4.78 is 0. The van der Waals surface area contributed by atoms with E-state index in [4.69, 9.17) is 0 Å². The topological polar surface area (TPSA) is 114 Å². The molecule has 0 saturated heterocycles. The van der Waals surface area contributed by atoms with Crippen molar-refractivity contribution in [2.75, 3.05) is 67.0 Å². The van der Waals surface area contributed by atoms with Crippen molar-refractivity contribution >= 4 is 17.7 Å². The van der Waals surface area contributed by atoms with Gasteiger partial charge in [-0.05, 0) is 0 Å². The lowest BCUT2D eigenvalue weighted by atomic mass is 10.3. The van der Waals surface area contributed by atoms with Gasteiger partial charge >= 0.3 is 0 Å². The molecule has 3 amide bonds. The van der Waals surface area contributed by atoms with Crippen LogP contribution in [-0.2, 0) is 14.4 Å². The number of carbonyl (C=O) groups is 3. The fourth-order valence-corrected chi connectivity index (χ4v) is 2.25. The summed E-state index contributed by atoms with van der Waals surface area (Å²) in [6, 6.07) is 0. The third kappa shape index (κ3) is 12.3. The largest absolute Gasteiger partial charge is 0.395 e. The molecule has 9 heteroatoms. The highest BCUT2D eigenvalue weighted by molar-refractivity contribution is 5.76. The van der Waals surface area contributed by atoms with Gasteiger partial charge in [0.05, 0.1) is 6.61 Å². The molecule has 0 atom stereocenters. The van der Waals surface area contributed by atoms with Gasteiger partial charge < -0.3 is 26.0 Å². The van der Waals surface area contributed by atoms with Gasteiger partial charge in [-0.25, -0.2) is 0 Å². The van der Waals surface area contributed by atoms with Crippen LogP contribution in [0.3, 0.4) is 0 Å². The van der Waals surface area contributed by atoms with Gasteiger partial charge in [0.25, 0.3) is 0 Å². The molecule has 0 bridgehead atoms. The van der Waals surface area contributed by atoms with Gasteiger partial charge in [-0.3, -0.25) is 19.3 Å². The summed E-state index contributed by atoms with van der Waals surface area (Å²) in [4.78, 5) is 38.3. The van der Waals surface area contributed by atoms with Crippen molar-refractivity contribution in [3.63, 3.8) is 0 Å². The highest BCUT2D eigenvalue weighted by Crippen LogP contribution is 1.99. The van der Waals surface area contributed by atoms with Gasteiger partial charge in [-0.1, -0.05) is 0 Å². The molecule has 0 spiro atoms. The van der Waals surface area contributed by atoms with Crippen LogP contribution >= 0.6 is 0 Å². The molecule has 9 nitrogen and oxygen atoms in total. The van der Waals surface area contributed by atoms with Crippen LogP contribution in [0.2, 0.25) is 0 Å². The number of nitrogens with zero attached hydrogens (tertiary/aromatic N) is 2. The van der Waals surface area contributed by atoms with Gasteiger partial charge in [-0.2, -0.15) is 0 Å². The predicted molar refractivity (Wildman–Crippen MR) is 96.0 cm³/mol. The Morgan fingerprint density at radius 2 is 0.960 bits per heavy atom. The summed E-state index contributed by atoms with van der Waals surface area (Å²) in [7, 11) is 4.79. The Kier molecular flexibility index (Phi) is 13.6. The van der Waals surface area contributed by atoms with Crippen molar-refractivity contribution in [3.05, 3.63) is 0 Å². The lowest BCUT2D eigenvalue weighted by Gasteiger charge is -2.27. The molecule has 0 aliphatic carbocycles. The summed E-state index contributed by atoms with van der Waals surface area (Å²) in [6.45, 7) is 3.47. The van der Waals surface area contributed by atoms with E-state index in [1.165, 1.54) is 0 Å². The van der Waals surface area contributed by atoms with Crippen molar-refractivity contribution in [1.29, 1.82) is 0 Å². The van der Waals surface area contributed by atoms with E-state index in [-0.39, 0.29) is 24.3 Å². The maximum atomic E-state index is 11.5. The maximum Gasteiger partial charge on any atom is 0.221 e. The first-order valence-electron chi connectivity index (χ1n) is 8.64. The van der Waals surface area contributed by atoms with Gasteiger partial charge in [0.2, 0.25) is 17.7 Å². The van der Waals surface area contributed by atoms with E-state index in [0.717, 1.165) is 0 Å². The molecule has 0 radical (unpaired) electrons. The number of amides is 3. The second kappa shape index (κ2) is 14.6. The highest BCUT2D eigenvalue weighted by Gasteiger charge is 2.13. The molecule has 0 rings (SSSR count). The van der Waals surface area contributed by atoms with Gasteiger partial charge in [0.15, 0.2) is 0 Å². The molecule has 0 fully saturated rings. The van der Waals surface area contributed by atoms with Gasteiger partial charge in [-0.15, -0.1) is 0 Å². The third-order valence-electron chi connectivity index (χ3n) is 3.95. The van der Waals surface area contributed by atoms with Crippen molar-refractivity contribution < 1.29 is 19.5 Å². The van der Waals surface area contributed by atoms with Crippen molar-refractivity contribution in [2.45, 2.75) is 19.3 Å². The first-order valence-corrected chi connectivity index (χ1v) is 8.64. The SMILES string of the molecule is CNC(=O)CCN(CCO)CCN(CCC(=O)NC)CCC(=O)NC. The van der Waals surface area contributed by atoms with Crippen LogP contribution in [0.1, 0.15) is 19.3 Å². The minimum Gasteiger partial charge on any atom is -0.395 e. The summed E-state index contributed by atoms with van der Waals surface area (Å²) in [6.07, 6.45) is 1.10. The quantitative estimate of drug-likeness (QED) is 0.285. The summed E-state index contributed by atoms with van der Waals surface area (Å²) >= 11 is 0. The van der Waals surface area contributed by atoms with Crippen LogP contribution in [0, 0.1) is 0 Å². The number of aliphatic hydroxyl groups is 1. The molecule has 0 aliphatic rings. The summed E-state index contributed by atoms with van der Waals surface area (Å²) in [5.74, 6) is -0.132. The molecule has 0 heterocycles. The molecule has 0 unspecified atom stereocenters.